The molecule has 4 heteroatoms. The van der Waals surface area contributed by atoms with Crippen molar-refractivity contribution in [3.8, 4) is 12.1 Å². The Kier molecular flexibility index (Phi) is 5.48. The molecular weight excluding hydrogens is 358 g/mol. The number of likely N-dealkylation sites (N-methyl/N-ethyl adjacent to an activating group) is 1. The zero-order valence-corrected chi connectivity index (χ0v) is 16.7. The molecular formula is C25H21N3O. The summed E-state index contributed by atoms with van der Waals surface area (Å²) in [6.45, 7) is 4.30. The monoisotopic (exact) mass is 379 g/mol. The number of benzene rings is 2. The van der Waals surface area contributed by atoms with Crippen molar-refractivity contribution < 1.29 is 4.79 Å². The quantitative estimate of drug-likeness (QED) is 0.321. The molecule has 2 aromatic carbocycles. The van der Waals surface area contributed by atoms with E-state index in [4.69, 9.17) is 0 Å². The molecule has 0 atom stereocenters. The fourth-order valence-electron chi connectivity index (χ4n) is 3.70. The number of Topliss-reactive ketones (excluding diaryl/α,β-unsaturated/α-hetero) is 1. The van der Waals surface area contributed by atoms with Crippen molar-refractivity contribution in [2.45, 2.75) is 19.3 Å². The van der Waals surface area contributed by atoms with Crippen LogP contribution in [0, 0.1) is 22.7 Å². The molecule has 1 aliphatic heterocycles. The van der Waals surface area contributed by atoms with Gasteiger partial charge in [-0.1, -0.05) is 68.5 Å². The number of nitriles is 2. The van der Waals surface area contributed by atoms with Gasteiger partial charge in [0.05, 0.1) is 5.57 Å². The summed E-state index contributed by atoms with van der Waals surface area (Å²) in [6, 6.07) is 20.6. The van der Waals surface area contributed by atoms with E-state index in [0.717, 1.165) is 11.4 Å². The van der Waals surface area contributed by atoms with Crippen LogP contribution in [0.2, 0.25) is 0 Å². The Labute approximate surface area is 171 Å². The van der Waals surface area contributed by atoms with E-state index in [0.29, 0.717) is 5.56 Å². The molecule has 0 fully saturated rings. The maximum Gasteiger partial charge on any atom is 0.195 e. The van der Waals surface area contributed by atoms with Gasteiger partial charge in [0.1, 0.15) is 17.7 Å². The van der Waals surface area contributed by atoms with Crippen molar-refractivity contribution in [2.24, 2.45) is 0 Å². The van der Waals surface area contributed by atoms with Crippen LogP contribution in [-0.4, -0.2) is 12.8 Å². The van der Waals surface area contributed by atoms with E-state index in [-0.39, 0.29) is 22.3 Å². The molecule has 29 heavy (non-hydrogen) atoms. The third-order valence-corrected chi connectivity index (χ3v) is 5.23. The minimum absolute atomic E-state index is 0.0917. The largest absolute Gasteiger partial charge is 0.347 e. The molecule has 0 spiro atoms. The molecule has 0 bridgehead atoms. The third-order valence-electron chi connectivity index (χ3n) is 5.23. The zero-order valence-electron chi connectivity index (χ0n) is 16.7. The number of hydrogen-bond acceptors (Lipinski definition) is 4. The number of carbonyl (C=O) groups is 1. The average molecular weight is 379 g/mol. The smallest absolute Gasteiger partial charge is 0.195 e. The summed E-state index contributed by atoms with van der Waals surface area (Å²) in [4.78, 5) is 15.0. The highest BCUT2D eigenvalue weighted by Crippen LogP contribution is 2.46. The van der Waals surface area contributed by atoms with Gasteiger partial charge in [-0.25, -0.2) is 0 Å². The van der Waals surface area contributed by atoms with Gasteiger partial charge in [0.15, 0.2) is 5.78 Å². The van der Waals surface area contributed by atoms with Gasteiger partial charge in [-0.3, -0.25) is 4.79 Å². The van der Waals surface area contributed by atoms with Gasteiger partial charge in [0.2, 0.25) is 0 Å². The van der Waals surface area contributed by atoms with E-state index in [1.807, 2.05) is 43.5 Å². The molecule has 2 aromatic rings. The normalized spacial score (nSPS) is 15.6. The van der Waals surface area contributed by atoms with E-state index >= 15 is 0 Å². The number of rotatable bonds is 4. The Balaban J connectivity index is 2.00. The second kappa shape index (κ2) is 8.00. The number of para-hydroxylation sites is 1. The second-order valence-corrected chi connectivity index (χ2v) is 7.32. The molecule has 4 nitrogen and oxygen atoms in total. The van der Waals surface area contributed by atoms with Crippen LogP contribution >= 0.6 is 0 Å². The highest BCUT2D eigenvalue weighted by molar-refractivity contribution is 6.11. The molecule has 0 radical (unpaired) electrons. The molecule has 3 rings (SSSR count). The fourth-order valence-corrected chi connectivity index (χ4v) is 3.70. The lowest BCUT2D eigenvalue weighted by Gasteiger charge is -2.23. The van der Waals surface area contributed by atoms with Gasteiger partial charge >= 0.3 is 0 Å². The van der Waals surface area contributed by atoms with Crippen LogP contribution in [0.1, 0.15) is 29.8 Å². The number of fused-ring (bicyclic) bond motifs is 1. The lowest BCUT2D eigenvalue weighted by molar-refractivity contribution is 0.103. The Morgan fingerprint density at radius 1 is 1.00 bits per heavy atom. The van der Waals surface area contributed by atoms with Crippen LogP contribution in [0.15, 0.2) is 89.7 Å². The summed E-state index contributed by atoms with van der Waals surface area (Å²) in [5.41, 5.74) is 3.57. The van der Waals surface area contributed by atoms with Crippen LogP contribution in [0.3, 0.4) is 0 Å². The fraction of sp³-hybridized carbons (Fsp3) is 0.160. The zero-order chi connectivity index (χ0) is 21.0. The Morgan fingerprint density at radius 3 is 2.24 bits per heavy atom. The van der Waals surface area contributed by atoms with Crippen molar-refractivity contribution in [3.63, 3.8) is 0 Å². The molecule has 0 N–H and O–H groups in total. The second-order valence-electron chi connectivity index (χ2n) is 7.32. The van der Waals surface area contributed by atoms with Gasteiger partial charge < -0.3 is 4.90 Å². The summed E-state index contributed by atoms with van der Waals surface area (Å²) in [7, 11) is 2.01. The number of nitrogens with zero attached hydrogens (tertiary/aromatic N) is 3. The van der Waals surface area contributed by atoms with Gasteiger partial charge in [-0.15, -0.1) is 0 Å². The first kappa shape index (κ1) is 19.9. The summed E-state index contributed by atoms with van der Waals surface area (Å²) in [5.74, 6) is -0.347. The molecule has 1 heterocycles. The molecule has 0 unspecified atom stereocenters. The highest BCUT2D eigenvalue weighted by atomic mass is 16.1. The number of ketones is 1. The van der Waals surface area contributed by atoms with E-state index < -0.39 is 0 Å². The SMILES string of the molecule is CN1/C(=C/C=C/C(C(=O)c2ccccc2)=C(C#N)C#N)C(C)(C)c2ccccc21. The van der Waals surface area contributed by atoms with Crippen LogP contribution in [0.25, 0.3) is 0 Å². The van der Waals surface area contributed by atoms with Gasteiger partial charge in [-0.05, 0) is 23.8 Å². The number of allylic oxidation sites excluding steroid dienone is 6. The van der Waals surface area contributed by atoms with Gasteiger partial charge in [0.25, 0.3) is 0 Å². The first-order valence-electron chi connectivity index (χ1n) is 9.28. The van der Waals surface area contributed by atoms with E-state index in [9.17, 15) is 15.3 Å². The highest BCUT2D eigenvalue weighted by Gasteiger charge is 2.37. The van der Waals surface area contributed by atoms with Gasteiger partial charge in [-0.2, -0.15) is 10.5 Å². The van der Waals surface area contributed by atoms with Crippen molar-refractivity contribution in [1.29, 1.82) is 10.5 Å². The summed E-state index contributed by atoms with van der Waals surface area (Å²) in [5, 5.41) is 18.6. The minimum Gasteiger partial charge on any atom is -0.347 e. The van der Waals surface area contributed by atoms with Crippen LogP contribution in [0.4, 0.5) is 5.69 Å². The van der Waals surface area contributed by atoms with Crippen molar-refractivity contribution >= 4 is 11.5 Å². The van der Waals surface area contributed by atoms with Crippen molar-refractivity contribution in [1.82, 2.24) is 0 Å². The van der Waals surface area contributed by atoms with E-state index in [2.05, 4.69) is 30.9 Å². The maximum atomic E-state index is 12.9. The average Bonchev–Trinajstić information content (AvgIpc) is 2.94. The standard InChI is InChI=1S/C25H21N3O/c1-25(2)21-13-7-8-14-22(21)28(3)23(25)15-9-12-20(19(16-26)17-27)24(29)18-10-5-4-6-11-18/h4-15H,1-3H3/b12-9+,23-15+. The van der Waals surface area contributed by atoms with E-state index in [1.54, 1.807) is 36.4 Å². The van der Waals surface area contributed by atoms with Crippen LogP contribution in [-0.2, 0) is 5.41 Å². The first-order chi connectivity index (χ1) is 13.9. The Bertz CT molecular complexity index is 1110. The minimum atomic E-state index is -0.347. The summed E-state index contributed by atoms with van der Waals surface area (Å²) in [6.07, 6.45) is 5.23. The Hall–Kier alpha value is -3.89. The summed E-state index contributed by atoms with van der Waals surface area (Å²) >= 11 is 0. The topological polar surface area (TPSA) is 67.9 Å². The van der Waals surface area contributed by atoms with Crippen LogP contribution < -0.4 is 4.90 Å². The number of anilines is 1. The molecule has 142 valence electrons. The lowest BCUT2D eigenvalue weighted by atomic mass is 9.84. The van der Waals surface area contributed by atoms with E-state index in [1.165, 1.54) is 5.56 Å². The molecule has 0 amide bonds. The third kappa shape index (κ3) is 3.61. The number of carbonyl (C=O) groups excluding carboxylic acids is 1. The molecule has 0 aliphatic carbocycles. The predicted molar refractivity (Wildman–Crippen MR) is 114 cm³/mol. The molecule has 0 saturated carbocycles. The van der Waals surface area contributed by atoms with Crippen LogP contribution in [0.5, 0.6) is 0 Å². The lowest BCUT2D eigenvalue weighted by Crippen LogP contribution is -2.22. The Morgan fingerprint density at radius 2 is 1.62 bits per heavy atom. The number of hydrogen-bond donors (Lipinski definition) is 0. The first-order valence-corrected chi connectivity index (χ1v) is 9.28. The molecule has 1 aliphatic rings. The molecule has 0 saturated heterocycles. The van der Waals surface area contributed by atoms with Crippen molar-refractivity contribution in [2.75, 3.05) is 11.9 Å². The van der Waals surface area contributed by atoms with Crippen molar-refractivity contribution in [3.05, 3.63) is 101 Å². The molecule has 0 aromatic heterocycles. The maximum absolute atomic E-state index is 12.9. The summed E-state index contributed by atoms with van der Waals surface area (Å²) < 4.78 is 0. The van der Waals surface area contributed by atoms with Gasteiger partial charge in [0, 0.05) is 29.4 Å². The predicted octanol–water partition coefficient (Wildman–Crippen LogP) is 5.08.